The SMILES string of the molecule is CCOC(=O)C1CCN(C(=O)CC2=CSC3=NC(C)=C(C(=O)OC(C)C)[C@H](c4ccc(OC)cc4OC)N23)CC1. The molecule has 0 unspecified atom stereocenters. The van der Waals surface area contributed by atoms with E-state index in [1.54, 1.807) is 52.9 Å². The fourth-order valence-corrected chi connectivity index (χ4v) is 6.10. The van der Waals surface area contributed by atoms with Gasteiger partial charge in [0.15, 0.2) is 5.17 Å². The summed E-state index contributed by atoms with van der Waals surface area (Å²) in [6.45, 7) is 8.52. The maximum absolute atomic E-state index is 13.5. The number of hydrogen-bond acceptors (Lipinski definition) is 10. The van der Waals surface area contributed by atoms with Crippen molar-refractivity contribution in [2.45, 2.75) is 59.1 Å². The second-order valence-corrected chi connectivity index (χ2v) is 10.9. The van der Waals surface area contributed by atoms with Gasteiger partial charge in [-0.2, -0.15) is 0 Å². The molecule has 0 aliphatic carbocycles. The highest BCUT2D eigenvalue weighted by molar-refractivity contribution is 8.16. The Morgan fingerprint density at radius 1 is 1.12 bits per heavy atom. The summed E-state index contributed by atoms with van der Waals surface area (Å²) in [5.74, 6) is 0.260. The molecule has 1 saturated heterocycles. The normalized spacial score (nSPS) is 19.2. The first-order chi connectivity index (χ1) is 19.2. The van der Waals surface area contributed by atoms with Crippen LogP contribution in [-0.4, -0.2) is 72.8 Å². The number of hydrogen-bond donors (Lipinski definition) is 0. The minimum absolute atomic E-state index is 0.0477. The number of amidine groups is 1. The number of thioether (sulfide) groups is 1. The Hall–Kier alpha value is -3.47. The quantitative estimate of drug-likeness (QED) is 0.398. The zero-order chi connectivity index (χ0) is 29.0. The maximum atomic E-state index is 13.5. The largest absolute Gasteiger partial charge is 0.497 e. The van der Waals surface area contributed by atoms with Crippen LogP contribution >= 0.6 is 11.8 Å². The van der Waals surface area contributed by atoms with E-state index in [0.29, 0.717) is 60.5 Å². The Morgan fingerprint density at radius 2 is 1.85 bits per heavy atom. The number of likely N-dealkylation sites (tertiary alicyclic amines) is 1. The summed E-state index contributed by atoms with van der Waals surface area (Å²) in [6, 6.07) is 4.83. The second-order valence-electron chi connectivity index (χ2n) is 10.0. The van der Waals surface area contributed by atoms with Crippen molar-refractivity contribution in [3.05, 3.63) is 46.1 Å². The monoisotopic (exact) mass is 571 g/mol. The molecule has 10 nitrogen and oxygen atoms in total. The van der Waals surface area contributed by atoms with E-state index in [1.165, 1.54) is 11.8 Å². The van der Waals surface area contributed by atoms with Crippen LogP contribution < -0.4 is 9.47 Å². The number of amides is 1. The summed E-state index contributed by atoms with van der Waals surface area (Å²) in [5.41, 5.74) is 2.39. The first kappa shape index (κ1) is 29.5. The van der Waals surface area contributed by atoms with Gasteiger partial charge in [0.25, 0.3) is 0 Å². The molecule has 0 radical (unpaired) electrons. The number of methoxy groups -OCH3 is 2. The summed E-state index contributed by atoms with van der Waals surface area (Å²) in [7, 11) is 3.14. The minimum atomic E-state index is -0.622. The van der Waals surface area contributed by atoms with Crippen LogP contribution in [0.5, 0.6) is 11.5 Å². The molecule has 3 aliphatic heterocycles. The number of piperidine rings is 1. The van der Waals surface area contributed by atoms with E-state index in [2.05, 4.69) is 0 Å². The van der Waals surface area contributed by atoms with Crippen molar-refractivity contribution in [1.82, 2.24) is 9.80 Å². The fraction of sp³-hybridized carbons (Fsp3) is 0.517. The highest BCUT2D eigenvalue weighted by atomic mass is 32.2. The van der Waals surface area contributed by atoms with Gasteiger partial charge in [0.1, 0.15) is 11.5 Å². The minimum Gasteiger partial charge on any atom is -0.497 e. The number of aliphatic imine (C=N–C) groups is 1. The van der Waals surface area contributed by atoms with Crippen LogP contribution in [0.3, 0.4) is 0 Å². The molecule has 216 valence electrons. The number of allylic oxidation sites excluding steroid dienone is 1. The van der Waals surface area contributed by atoms with Gasteiger partial charge in [0.2, 0.25) is 5.91 Å². The van der Waals surface area contributed by atoms with E-state index in [0.717, 1.165) is 11.3 Å². The third-order valence-corrected chi connectivity index (χ3v) is 7.99. The molecule has 0 aromatic heterocycles. The molecular weight excluding hydrogens is 534 g/mol. The lowest BCUT2D eigenvalue weighted by Crippen LogP contribution is -2.42. The van der Waals surface area contributed by atoms with E-state index >= 15 is 0 Å². The highest BCUT2D eigenvalue weighted by Gasteiger charge is 2.43. The van der Waals surface area contributed by atoms with Gasteiger partial charge >= 0.3 is 11.9 Å². The summed E-state index contributed by atoms with van der Waals surface area (Å²) >= 11 is 1.41. The number of carbonyl (C=O) groups excluding carboxylic acids is 3. The van der Waals surface area contributed by atoms with Gasteiger partial charge in [-0.15, -0.1) is 0 Å². The standard InChI is InChI=1S/C29H37N3O7S/c1-7-38-27(34)19-10-12-31(13-11-19)24(33)14-20-16-40-29-30-18(4)25(28(35)39-17(2)3)26(32(20)29)22-9-8-21(36-5)15-23(22)37-6/h8-9,15-17,19,26H,7,10-14H2,1-6H3/t26-/m0/s1. The van der Waals surface area contributed by atoms with Crippen molar-refractivity contribution in [2.24, 2.45) is 10.9 Å². The van der Waals surface area contributed by atoms with Gasteiger partial charge in [-0.05, 0) is 58.1 Å². The van der Waals surface area contributed by atoms with Gasteiger partial charge in [0, 0.05) is 30.4 Å². The topological polar surface area (TPSA) is 107 Å². The third kappa shape index (κ3) is 6.14. The summed E-state index contributed by atoms with van der Waals surface area (Å²) in [5, 5.41) is 2.58. The molecule has 1 fully saturated rings. The molecule has 3 heterocycles. The van der Waals surface area contributed by atoms with Crippen LogP contribution in [-0.2, 0) is 23.9 Å². The third-order valence-electron chi connectivity index (χ3n) is 7.10. The van der Waals surface area contributed by atoms with E-state index < -0.39 is 12.0 Å². The molecule has 0 bridgehead atoms. The van der Waals surface area contributed by atoms with Crippen molar-refractivity contribution < 1.29 is 33.3 Å². The highest BCUT2D eigenvalue weighted by Crippen LogP contribution is 2.47. The average Bonchev–Trinajstić information content (AvgIpc) is 3.33. The first-order valence-electron chi connectivity index (χ1n) is 13.5. The first-order valence-corrected chi connectivity index (χ1v) is 14.4. The molecule has 0 N–H and O–H groups in total. The summed E-state index contributed by atoms with van der Waals surface area (Å²) < 4.78 is 21.9. The average molecular weight is 572 g/mol. The number of fused-ring (bicyclic) bond motifs is 1. The Balaban J connectivity index is 1.63. The summed E-state index contributed by atoms with van der Waals surface area (Å²) in [4.78, 5) is 47.5. The molecule has 11 heteroatoms. The molecule has 0 saturated carbocycles. The Bertz CT molecular complexity index is 1250. The molecule has 1 atom stereocenters. The van der Waals surface area contributed by atoms with E-state index in [1.807, 2.05) is 22.4 Å². The molecule has 1 aromatic rings. The Morgan fingerprint density at radius 3 is 2.48 bits per heavy atom. The molecular formula is C29H37N3O7S. The van der Waals surface area contributed by atoms with E-state index in [4.69, 9.17) is 23.9 Å². The lowest BCUT2D eigenvalue weighted by atomic mass is 9.92. The van der Waals surface area contributed by atoms with Gasteiger partial charge in [0.05, 0.1) is 56.6 Å². The lowest BCUT2D eigenvalue weighted by Gasteiger charge is -2.37. The van der Waals surface area contributed by atoms with Gasteiger partial charge in [-0.1, -0.05) is 11.8 Å². The number of rotatable bonds is 9. The lowest BCUT2D eigenvalue weighted by molar-refractivity contribution is -0.151. The van der Waals surface area contributed by atoms with Crippen molar-refractivity contribution in [2.75, 3.05) is 33.9 Å². The van der Waals surface area contributed by atoms with E-state index in [-0.39, 0.29) is 30.3 Å². The van der Waals surface area contributed by atoms with Crippen molar-refractivity contribution in [3.63, 3.8) is 0 Å². The number of nitrogens with zero attached hydrogens (tertiary/aromatic N) is 3. The molecule has 4 rings (SSSR count). The van der Waals surface area contributed by atoms with Crippen molar-refractivity contribution in [1.29, 1.82) is 0 Å². The molecule has 0 spiro atoms. The Kier molecular flexibility index (Phi) is 9.44. The van der Waals surface area contributed by atoms with Gasteiger partial charge < -0.3 is 28.7 Å². The number of carbonyl (C=O) groups is 3. The zero-order valence-electron chi connectivity index (χ0n) is 23.9. The Labute approximate surface area is 239 Å². The number of benzene rings is 1. The van der Waals surface area contributed by atoms with Gasteiger partial charge in [-0.25, -0.2) is 9.79 Å². The molecule has 40 heavy (non-hydrogen) atoms. The predicted molar refractivity (Wildman–Crippen MR) is 152 cm³/mol. The van der Waals surface area contributed by atoms with Gasteiger partial charge in [-0.3, -0.25) is 9.59 Å². The van der Waals surface area contributed by atoms with Crippen LogP contribution in [0.25, 0.3) is 0 Å². The molecule has 1 amide bonds. The second kappa shape index (κ2) is 12.8. The van der Waals surface area contributed by atoms with Crippen molar-refractivity contribution >= 4 is 34.8 Å². The predicted octanol–water partition coefficient (Wildman–Crippen LogP) is 4.42. The van der Waals surface area contributed by atoms with Crippen LogP contribution in [0.1, 0.15) is 58.6 Å². The molecule has 3 aliphatic rings. The maximum Gasteiger partial charge on any atom is 0.338 e. The number of esters is 2. The smallest absolute Gasteiger partial charge is 0.338 e. The fourth-order valence-electron chi connectivity index (χ4n) is 5.14. The van der Waals surface area contributed by atoms with Crippen LogP contribution in [0.2, 0.25) is 0 Å². The van der Waals surface area contributed by atoms with Crippen LogP contribution in [0.15, 0.2) is 45.6 Å². The van der Waals surface area contributed by atoms with E-state index in [9.17, 15) is 14.4 Å². The summed E-state index contributed by atoms with van der Waals surface area (Å²) in [6.07, 6.45) is 0.955. The molecule has 1 aromatic carbocycles. The zero-order valence-corrected chi connectivity index (χ0v) is 24.7. The van der Waals surface area contributed by atoms with Crippen LogP contribution in [0.4, 0.5) is 0 Å². The number of ether oxygens (including phenoxy) is 4. The van der Waals surface area contributed by atoms with Crippen LogP contribution in [0, 0.1) is 5.92 Å². The van der Waals surface area contributed by atoms with Crippen molar-refractivity contribution in [3.8, 4) is 11.5 Å².